The van der Waals surface area contributed by atoms with Gasteiger partial charge in [-0.3, -0.25) is 14.8 Å². The molecule has 21 heavy (non-hydrogen) atoms. The predicted octanol–water partition coefficient (Wildman–Crippen LogP) is 1.03. The number of nitrogens with one attached hydrogen (secondary N) is 1. The van der Waals surface area contributed by atoms with Crippen molar-refractivity contribution in [3.05, 3.63) is 59.2 Å². The van der Waals surface area contributed by atoms with Crippen LogP contribution >= 0.6 is 0 Å². The van der Waals surface area contributed by atoms with Crippen LogP contribution in [0, 0.1) is 18.8 Å². The van der Waals surface area contributed by atoms with E-state index in [0.717, 1.165) is 11.3 Å². The number of hydrogen-bond acceptors (Lipinski definition) is 4. The van der Waals surface area contributed by atoms with Gasteiger partial charge < -0.3 is 11.1 Å². The lowest BCUT2D eigenvalue weighted by Crippen LogP contribution is -2.24. The van der Waals surface area contributed by atoms with E-state index in [1.807, 2.05) is 19.1 Å². The van der Waals surface area contributed by atoms with Crippen LogP contribution in [0.25, 0.3) is 0 Å². The number of pyridine rings is 2. The summed E-state index contributed by atoms with van der Waals surface area (Å²) >= 11 is 0. The Kier molecular flexibility index (Phi) is 5.02. The van der Waals surface area contributed by atoms with Crippen molar-refractivity contribution in [2.75, 3.05) is 6.54 Å². The lowest BCUT2D eigenvalue weighted by atomic mass is 10.2. The first-order chi connectivity index (χ1) is 10.2. The van der Waals surface area contributed by atoms with Gasteiger partial charge in [0, 0.05) is 24.2 Å². The Morgan fingerprint density at radius 1 is 1.43 bits per heavy atom. The van der Waals surface area contributed by atoms with Gasteiger partial charge in [0.2, 0.25) is 0 Å². The van der Waals surface area contributed by atoms with Crippen LogP contribution in [0.1, 0.15) is 27.2 Å². The summed E-state index contributed by atoms with van der Waals surface area (Å²) in [6, 6.07) is 5.51. The van der Waals surface area contributed by atoms with Crippen molar-refractivity contribution >= 4 is 5.91 Å². The van der Waals surface area contributed by atoms with Crippen LogP contribution in [0.5, 0.6) is 0 Å². The molecule has 0 atom stereocenters. The maximum atomic E-state index is 12.1. The van der Waals surface area contributed by atoms with Crippen molar-refractivity contribution in [3.63, 3.8) is 0 Å². The van der Waals surface area contributed by atoms with E-state index in [-0.39, 0.29) is 12.5 Å². The number of carbonyl (C=O) groups excluding carboxylic acids is 1. The fourth-order valence-corrected chi connectivity index (χ4v) is 1.76. The molecule has 5 nitrogen and oxygen atoms in total. The summed E-state index contributed by atoms with van der Waals surface area (Å²) < 4.78 is 0. The molecule has 2 aromatic heterocycles. The molecule has 0 saturated carbocycles. The topological polar surface area (TPSA) is 80.9 Å². The number of rotatable bonds is 3. The smallest absolute Gasteiger partial charge is 0.253 e. The molecule has 0 aliphatic heterocycles. The van der Waals surface area contributed by atoms with E-state index >= 15 is 0 Å². The number of hydrogen-bond donors (Lipinski definition) is 2. The van der Waals surface area contributed by atoms with Crippen molar-refractivity contribution in [1.29, 1.82) is 0 Å². The van der Waals surface area contributed by atoms with Gasteiger partial charge in [-0.1, -0.05) is 17.9 Å². The zero-order valence-corrected chi connectivity index (χ0v) is 11.8. The van der Waals surface area contributed by atoms with Gasteiger partial charge in [-0.05, 0) is 24.6 Å². The zero-order chi connectivity index (χ0) is 15.1. The predicted molar refractivity (Wildman–Crippen MR) is 80.3 cm³/mol. The van der Waals surface area contributed by atoms with Crippen molar-refractivity contribution in [1.82, 2.24) is 15.3 Å². The van der Waals surface area contributed by atoms with Crippen LogP contribution < -0.4 is 11.1 Å². The molecule has 1 amide bonds. The fourth-order valence-electron chi connectivity index (χ4n) is 1.76. The van der Waals surface area contributed by atoms with Crippen molar-refractivity contribution < 1.29 is 4.79 Å². The molecule has 0 aliphatic carbocycles. The third kappa shape index (κ3) is 4.13. The Morgan fingerprint density at radius 3 is 3.05 bits per heavy atom. The minimum atomic E-state index is -0.205. The monoisotopic (exact) mass is 280 g/mol. The molecule has 2 aromatic rings. The Hall–Kier alpha value is -2.71. The van der Waals surface area contributed by atoms with Crippen molar-refractivity contribution in [3.8, 4) is 11.8 Å². The maximum Gasteiger partial charge on any atom is 0.253 e. The molecule has 0 unspecified atom stereocenters. The summed E-state index contributed by atoms with van der Waals surface area (Å²) in [6.07, 6.45) is 4.82. The Balaban J connectivity index is 2.05. The average molecular weight is 280 g/mol. The number of aromatic nitrogens is 2. The zero-order valence-electron chi connectivity index (χ0n) is 11.8. The molecule has 106 valence electrons. The first kappa shape index (κ1) is 14.7. The number of amides is 1. The fraction of sp³-hybridized carbons (Fsp3) is 0.188. The third-order valence-electron chi connectivity index (χ3n) is 2.87. The van der Waals surface area contributed by atoms with E-state index < -0.39 is 0 Å². The van der Waals surface area contributed by atoms with Gasteiger partial charge in [0.05, 0.1) is 24.3 Å². The molecule has 0 aliphatic rings. The van der Waals surface area contributed by atoms with Gasteiger partial charge in [0.1, 0.15) is 0 Å². The highest BCUT2D eigenvalue weighted by Gasteiger charge is 2.07. The van der Waals surface area contributed by atoms with Gasteiger partial charge in [-0.25, -0.2) is 0 Å². The number of carbonyl (C=O) groups is 1. The second-order valence-electron chi connectivity index (χ2n) is 4.42. The quantitative estimate of drug-likeness (QED) is 0.823. The van der Waals surface area contributed by atoms with E-state index in [9.17, 15) is 4.79 Å². The number of nitrogens with zero attached hydrogens (tertiary/aromatic N) is 2. The van der Waals surface area contributed by atoms with E-state index in [1.165, 1.54) is 6.20 Å². The minimum Gasteiger partial charge on any atom is -0.346 e. The highest BCUT2D eigenvalue weighted by molar-refractivity contribution is 5.94. The Morgan fingerprint density at radius 2 is 2.29 bits per heavy atom. The van der Waals surface area contributed by atoms with Gasteiger partial charge in [0.15, 0.2) is 0 Å². The summed E-state index contributed by atoms with van der Waals surface area (Å²) in [5.41, 5.74) is 8.34. The summed E-state index contributed by atoms with van der Waals surface area (Å²) in [6.45, 7) is 2.61. The number of aryl methyl sites for hydroxylation is 1. The Bertz CT molecular complexity index is 701. The molecule has 0 fully saturated rings. The van der Waals surface area contributed by atoms with Crippen molar-refractivity contribution in [2.45, 2.75) is 13.5 Å². The molecule has 0 aromatic carbocycles. The third-order valence-corrected chi connectivity index (χ3v) is 2.87. The minimum absolute atomic E-state index is 0.205. The summed E-state index contributed by atoms with van der Waals surface area (Å²) in [7, 11) is 0. The van der Waals surface area contributed by atoms with E-state index in [2.05, 4.69) is 27.1 Å². The van der Waals surface area contributed by atoms with Crippen LogP contribution in [0.3, 0.4) is 0 Å². The SMILES string of the molecule is Cc1cccnc1CNC(=O)c1cncc(C#CCN)c1. The van der Waals surface area contributed by atoms with E-state index in [1.54, 1.807) is 18.5 Å². The van der Waals surface area contributed by atoms with Gasteiger partial charge in [-0.2, -0.15) is 0 Å². The largest absolute Gasteiger partial charge is 0.346 e. The van der Waals surface area contributed by atoms with Crippen molar-refractivity contribution in [2.24, 2.45) is 5.73 Å². The average Bonchev–Trinajstić information content (AvgIpc) is 2.52. The van der Waals surface area contributed by atoms with Crippen LogP contribution in [-0.4, -0.2) is 22.4 Å². The lowest BCUT2D eigenvalue weighted by molar-refractivity contribution is 0.0950. The first-order valence-electron chi connectivity index (χ1n) is 6.53. The summed E-state index contributed by atoms with van der Waals surface area (Å²) in [4.78, 5) is 20.4. The van der Waals surface area contributed by atoms with Gasteiger partial charge in [0.25, 0.3) is 5.91 Å². The second-order valence-corrected chi connectivity index (χ2v) is 4.42. The Labute approximate surface area is 123 Å². The highest BCUT2D eigenvalue weighted by Crippen LogP contribution is 2.05. The van der Waals surface area contributed by atoms with Crippen LogP contribution in [0.15, 0.2) is 36.8 Å². The molecule has 0 spiro atoms. The van der Waals surface area contributed by atoms with E-state index in [4.69, 9.17) is 5.73 Å². The second kappa shape index (κ2) is 7.17. The van der Waals surface area contributed by atoms with E-state index in [0.29, 0.717) is 17.7 Å². The molecule has 5 heteroatoms. The van der Waals surface area contributed by atoms with Crippen LogP contribution in [-0.2, 0) is 6.54 Å². The standard InChI is InChI=1S/C16H16N4O/c1-12-4-3-7-19-15(12)11-20-16(21)14-8-13(5-2-6-17)9-18-10-14/h3-4,7-10H,6,11,17H2,1H3,(H,20,21). The molecule has 2 heterocycles. The summed E-state index contributed by atoms with van der Waals surface area (Å²) in [5.74, 6) is 5.38. The highest BCUT2D eigenvalue weighted by atomic mass is 16.1. The molecular formula is C16H16N4O. The van der Waals surface area contributed by atoms with Gasteiger partial charge in [-0.15, -0.1) is 0 Å². The number of nitrogens with two attached hydrogens (primary N) is 1. The molecule has 0 radical (unpaired) electrons. The molecule has 0 saturated heterocycles. The molecule has 3 N–H and O–H groups in total. The normalized spacial score (nSPS) is 9.62. The molecule has 2 rings (SSSR count). The van der Waals surface area contributed by atoms with Crippen LogP contribution in [0.2, 0.25) is 0 Å². The van der Waals surface area contributed by atoms with Gasteiger partial charge >= 0.3 is 0 Å². The maximum absolute atomic E-state index is 12.1. The first-order valence-corrected chi connectivity index (χ1v) is 6.53. The summed E-state index contributed by atoms with van der Waals surface area (Å²) in [5, 5.41) is 2.83. The molecule has 0 bridgehead atoms. The van der Waals surface area contributed by atoms with Crippen LogP contribution in [0.4, 0.5) is 0 Å². The lowest BCUT2D eigenvalue weighted by Gasteiger charge is -2.07. The molecular weight excluding hydrogens is 264 g/mol.